The SMILES string of the molecule is CCc1noc2ncc(C(=O)NC(C)(C)CN)cc12. The summed E-state index contributed by atoms with van der Waals surface area (Å²) < 4.78 is 5.08. The molecule has 0 atom stereocenters. The van der Waals surface area contributed by atoms with Gasteiger partial charge in [0.2, 0.25) is 0 Å². The van der Waals surface area contributed by atoms with E-state index in [2.05, 4.69) is 15.5 Å². The molecule has 0 aliphatic carbocycles. The monoisotopic (exact) mass is 262 g/mol. The van der Waals surface area contributed by atoms with Gasteiger partial charge in [0.1, 0.15) is 0 Å². The van der Waals surface area contributed by atoms with Crippen LogP contribution < -0.4 is 11.1 Å². The Kier molecular flexibility index (Phi) is 3.53. The summed E-state index contributed by atoms with van der Waals surface area (Å²) in [5, 5.41) is 7.56. The van der Waals surface area contributed by atoms with Gasteiger partial charge in [-0.25, -0.2) is 4.98 Å². The molecule has 0 saturated heterocycles. The Balaban J connectivity index is 2.32. The van der Waals surface area contributed by atoms with Gasteiger partial charge >= 0.3 is 0 Å². The molecule has 19 heavy (non-hydrogen) atoms. The Morgan fingerprint density at radius 3 is 2.89 bits per heavy atom. The highest BCUT2D eigenvalue weighted by atomic mass is 16.5. The third kappa shape index (κ3) is 2.73. The quantitative estimate of drug-likeness (QED) is 0.864. The van der Waals surface area contributed by atoms with Crippen LogP contribution in [0.5, 0.6) is 0 Å². The number of aromatic nitrogens is 2. The fourth-order valence-electron chi connectivity index (χ4n) is 1.69. The van der Waals surface area contributed by atoms with E-state index in [1.165, 1.54) is 6.20 Å². The normalized spacial score (nSPS) is 11.8. The summed E-state index contributed by atoms with van der Waals surface area (Å²) in [5.74, 6) is -0.201. The summed E-state index contributed by atoms with van der Waals surface area (Å²) in [6.45, 7) is 6.07. The lowest BCUT2D eigenvalue weighted by atomic mass is 10.1. The molecule has 0 aromatic carbocycles. The van der Waals surface area contributed by atoms with Gasteiger partial charge in [0.05, 0.1) is 16.6 Å². The molecule has 0 radical (unpaired) electrons. The van der Waals surface area contributed by atoms with Crippen LogP contribution >= 0.6 is 0 Å². The topological polar surface area (TPSA) is 94.0 Å². The molecule has 2 heterocycles. The predicted molar refractivity (Wildman–Crippen MR) is 71.8 cm³/mol. The van der Waals surface area contributed by atoms with E-state index in [4.69, 9.17) is 10.3 Å². The van der Waals surface area contributed by atoms with E-state index >= 15 is 0 Å². The van der Waals surface area contributed by atoms with E-state index in [0.29, 0.717) is 17.8 Å². The molecule has 0 unspecified atom stereocenters. The second-order valence-corrected chi connectivity index (χ2v) is 5.10. The molecule has 2 rings (SSSR count). The molecular weight excluding hydrogens is 244 g/mol. The summed E-state index contributed by atoms with van der Waals surface area (Å²) in [6, 6.07) is 1.75. The number of amides is 1. The number of hydrogen-bond donors (Lipinski definition) is 2. The van der Waals surface area contributed by atoms with Crippen LogP contribution in [0.4, 0.5) is 0 Å². The molecule has 0 aliphatic rings. The third-order valence-electron chi connectivity index (χ3n) is 2.96. The van der Waals surface area contributed by atoms with Gasteiger partial charge < -0.3 is 15.6 Å². The predicted octanol–water partition coefficient (Wildman–Crippen LogP) is 1.25. The van der Waals surface area contributed by atoms with Gasteiger partial charge in [-0.2, -0.15) is 0 Å². The van der Waals surface area contributed by atoms with Crippen molar-refractivity contribution in [2.75, 3.05) is 6.54 Å². The van der Waals surface area contributed by atoms with Gasteiger partial charge in [-0.3, -0.25) is 4.79 Å². The Bertz CT molecular complexity index is 604. The number of hydrogen-bond acceptors (Lipinski definition) is 5. The van der Waals surface area contributed by atoms with Crippen LogP contribution in [0.2, 0.25) is 0 Å². The Labute approximate surface area is 111 Å². The zero-order valence-electron chi connectivity index (χ0n) is 11.4. The summed E-state index contributed by atoms with van der Waals surface area (Å²) in [5.41, 5.74) is 6.88. The number of nitrogens with two attached hydrogens (primary N) is 1. The van der Waals surface area contributed by atoms with Crippen LogP contribution in [0.15, 0.2) is 16.8 Å². The summed E-state index contributed by atoms with van der Waals surface area (Å²) in [7, 11) is 0. The highest BCUT2D eigenvalue weighted by molar-refractivity contribution is 5.97. The molecule has 3 N–H and O–H groups in total. The van der Waals surface area contributed by atoms with Crippen molar-refractivity contribution in [1.29, 1.82) is 0 Å². The Morgan fingerprint density at radius 1 is 1.53 bits per heavy atom. The van der Waals surface area contributed by atoms with Crippen molar-refractivity contribution in [2.45, 2.75) is 32.7 Å². The maximum atomic E-state index is 12.1. The number of nitrogens with one attached hydrogen (secondary N) is 1. The van der Waals surface area contributed by atoms with Gasteiger partial charge in [0.15, 0.2) is 0 Å². The first-order chi connectivity index (χ1) is 8.96. The average molecular weight is 262 g/mol. The van der Waals surface area contributed by atoms with Crippen LogP contribution in [-0.4, -0.2) is 28.1 Å². The molecule has 1 amide bonds. The molecule has 6 heteroatoms. The van der Waals surface area contributed by atoms with E-state index in [1.54, 1.807) is 6.07 Å². The minimum atomic E-state index is -0.450. The maximum absolute atomic E-state index is 12.1. The molecule has 102 valence electrons. The zero-order valence-corrected chi connectivity index (χ0v) is 11.4. The summed E-state index contributed by atoms with van der Waals surface area (Å²) in [6.07, 6.45) is 2.21. The average Bonchev–Trinajstić information content (AvgIpc) is 2.80. The second kappa shape index (κ2) is 4.97. The van der Waals surface area contributed by atoms with Gasteiger partial charge in [0.25, 0.3) is 11.6 Å². The molecule has 6 nitrogen and oxygen atoms in total. The van der Waals surface area contributed by atoms with Crippen LogP contribution in [0.3, 0.4) is 0 Å². The summed E-state index contributed by atoms with van der Waals surface area (Å²) in [4.78, 5) is 16.2. The second-order valence-electron chi connectivity index (χ2n) is 5.10. The molecule has 2 aromatic heterocycles. The highest BCUT2D eigenvalue weighted by Gasteiger charge is 2.20. The fraction of sp³-hybridized carbons (Fsp3) is 0.462. The van der Waals surface area contributed by atoms with Gasteiger partial charge in [-0.05, 0) is 26.3 Å². The summed E-state index contributed by atoms with van der Waals surface area (Å²) >= 11 is 0. The van der Waals surface area contributed by atoms with Gasteiger partial charge in [-0.1, -0.05) is 12.1 Å². The van der Waals surface area contributed by atoms with Crippen LogP contribution in [-0.2, 0) is 6.42 Å². The zero-order chi connectivity index (χ0) is 14.0. The lowest BCUT2D eigenvalue weighted by Gasteiger charge is -2.24. The van der Waals surface area contributed by atoms with Gasteiger partial charge in [-0.15, -0.1) is 0 Å². The number of carbonyl (C=O) groups is 1. The lowest BCUT2D eigenvalue weighted by Crippen LogP contribution is -2.48. The van der Waals surface area contributed by atoms with E-state index < -0.39 is 5.54 Å². The molecule has 0 spiro atoms. The lowest BCUT2D eigenvalue weighted by molar-refractivity contribution is 0.0915. The van der Waals surface area contributed by atoms with Crippen molar-refractivity contribution in [2.24, 2.45) is 5.73 Å². The van der Waals surface area contributed by atoms with Crippen LogP contribution in [0.25, 0.3) is 11.1 Å². The molecule has 0 aliphatic heterocycles. The number of pyridine rings is 1. The van der Waals surface area contributed by atoms with Gasteiger partial charge in [0, 0.05) is 18.3 Å². The first-order valence-electron chi connectivity index (χ1n) is 6.23. The number of carbonyl (C=O) groups excluding carboxylic acids is 1. The van der Waals surface area contributed by atoms with E-state index in [0.717, 1.165) is 17.5 Å². The number of rotatable bonds is 4. The van der Waals surface area contributed by atoms with Crippen molar-refractivity contribution in [3.63, 3.8) is 0 Å². The number of fused-ring (bicyclic) bond motifs is 1. The maximum Gasteiger partial charge on any atom is 0.257 e. The Morgan fingerprint density at radius 2 is 2.26 bits per heavy atom. The van der Waals surface area contributed by atoms with Crippen molar-refractivity contribution in [3.8, 4) is 0 Å². The molecular formula is C13H18N4O2. The number of aryl methyl sites for hydroxylation is 1. The Hall–Kier alpha value is -1.95. The van der Waals surface area contributed by atoms with E-state index in [1.807, 2.05) is 20.8 Å². The molecule has 0 bridgehead atoms. The van der Waals surface area contributed by atoms with Crippen molar-refractivity contribution in [1.82, 2.24) is 15.5 Å². The van der Waals surface area contributed by atoms with Crippen molar-refractivity contribution in [3.05, 3.63) is 23.5 Å². The number of nitrogens with zero attached hydrogens (tertiary/aromatic N) is 2. The van der Waals surface area contributed by atoms with Crippen LogP contribution in [0.1, 0.15) is 36.8 Å². The smallest absolute Gasteiger partial charge is 0.257 e. The minimum absolute atomic E-state index is 0.201. The highest BCUT2D eigenvalue weighted by Crippen LogP contribution is 2.18. The first-order valence-corrected chi connectivity index (χ1v) is 6.23. The standard InChI is InChI=1S/C13H18N4O2/c1-4-10-9-5-8(6-15-12(9)19-17-10)11(18)16-13(2,3)7-14/h5-6H,4,7,14H2,1-3H3,(H,16,18). The molecule has 0 fully saturated rings. The molecule has 2 aromatic rings. The van der Waals surface area contributed by atoms with Crippen molar-refractivity contribution >= 4 is 17.0 Å². The van der Waals surface area contributed by atoms with E-state index in [9.17, 15) is 4.79 Å². The first kappa shape index (κ1) is 13.5. The molecule has 0 saturated carbocycles. The minimum Gasteiger partial charge on any atom is -0.346 e. The van der Waals surface area contributed by atoms with Crippen molar-refractivity contribution < 1.29 is 9.32 Å². The van der Waals surface area contributed by atoms with E-state index in [-0.39, 0.29) is 5.91 Å². The third-order valence-corrected chi connectivity index (χ3v) is 2.96. The van der Waals surface area contributed by atoms with Crippen LogP contribution in [0, 0.1) is 0 Å². The fourth-order valence-corrected chi connectivity index (χ4v) is 1.69. The largest absolute Gasteiger partial charge is 0.346 e.